The monoisotopic (exact) mass is 508 g/mol. The fraction of sp³-hybridized carbons (Fsp3) is 0.364. The topological polar surface area (TPSA) is 177 Å². The van der Waals surface area contributed by atoms with Gasteiger partial charge in [-0.25, -0.2) is 9.98 Å². The van der Waals surface area contributed by atoms with Gasteiger partial charge in [-0.15, -0.1) is 0 Å². The lowest BCUT2D eigenvalue weighted by Gasteiger charge is -2.13. The summed E-state index contributed by atoms with van der Waals surface area (Å²) >= 11 is 11.7. The molecule has 10 nitrogen and oxygen atoms in total. The average molecular weight is 509 g/mol. The maximum atomic E-state index is 5.95. The van der Waals surface area contributed by atoms with E-state index in [1.165, 1.54) is 0 Å². The van der Waals surface area contributed by atoms with Gasteiger partial charge in [0.15, 0.2) is 24.5 Å². The summed E-state index contributed by atoms with van der Waals surface area (Å²) in [6.07, 6.45) is 2.87. The van der Waals surface area contributed by atoms with E-state index in [-0.39, 0.29) is 11.9 Å². The highest BCUT2D eigenvalue weighted by Gasteiger charge is 2.03. The standard InChI is InChI=1S/C22H34Cl2N10/c23-15-5-9-17(10-6-15)31-21(27)33-19(25)29-13-3-1-2-4-14-30-20(26)34-22(28)32-18-11-7-16(24)8-12-18/h5-12,19-20,29-30H,1-4,13-14,25-26H2,(H3,27,31,33)(H3,28,32,34). The maximum Gasteiger partial charge on any atom is 0.195 e. The van der Waals surface area contributed by atoms with Crippen LogP contribution in [0.5, 0.6) is 0 Å². The van der Waals surface area contributed by atoms with Gasteiger partial charge in [0.05, 0.1) is 0 Å². The summed E-state index contributed by atoms with van der Waals surface area (Å²) in [5.41, 5.74) is 25.2. The van der Waals surface area contributed by atoms with Crippen LogP contribution in [-0.4, -0.2) is 37.6 Å². The van der Waals surface area contributed by atoms with Gasteiger partial charge in [-0.2, -0.15) is 0 Å². The quantitative estimate of drug-likeness (QED) is 0.0878. The van der Waals surface area contributed by atoms with Gasteiger partial charge in [0.2, 0.25) is 0 Å². The molecular formula is C22H34Cl2N10. The molecule has 2 atom stereocenters. The van der Waals surface area contributed by atoms with Crippen molar-refractivity contribution < 1.29 is 0 Å². The molecule has 2 rings (SSSR count). The predicted molar refractivity (Wildman–Crippen MR) is 144 cm³/mol. The van der Waals surface area contributed by atoms with Crippen LogP contribution in [0.1, 0.15) is 25.7 Å². The fourth-order valence-electron chi connectivity index (χ4n) is 2.92. The van der Waals surface area contributed by atoms with Crippen LogP contribution in [0.25, 0.3) is 0 Å². The Labute approximate surface area is 210 Å². The molecule has 0 spiro atoms. The van der Waals surface area contributed by atoms with Crippen LogP contribution in [0.4, 0.5) is 11.4 Å². The van der Waals surface area contributed by atoms with Crippen molar-refractivity contribution in [2.75, 3.05) is 23.7 Å². The molecular weight excluding hydrogens is 475 g/mol. The van der Waals surface area contributed by atoms with Gasteiger partial charge in [-0.3, -0.25) is 22.1 Å². The highest BCUT2D eigenvalue weighted by molar-refractivity contribution is 6.31. The first-order valence-corrected chi connectivity index (χ1v) is 11.8. The molecule has 0 bridgehead atoms. The van der Waals surface area contributed by atoms with E-state index in [2.05, 4.69) is 31.3 Å². The van der Waals surface area contributed by atoms with Crippen molar-refractivity contribution in [3.05, 3.63) is 58.6 Å². The van der Waals surface area contributed by atoms with E-state index in [0.29, 0.717) is 10.0 Å². The maximum absolute atomic E-state index is 5.95. The van der Waals surface area contributed by atoms with Crippen molar-refractivity contribution in [2.45, 2.75) is 38.3 Å². The van der Waals surface area contributed by atoms with Crippen LogP contribution in [0, 0.1) is 0 Å². The first-order chi connectivity index (χ1) is 16.3. The predicted octanol–water partition coefficient (Wildman–Crippen LogP) is 2.37. The third-order valence-electron chi connectivity index (χ3n) is 4.60. The van der Waals surface area contributed by atoms with Gasteiger partial charge in [-0.1, -0.05) is 36.0 Å². The van der Waals surface area contributed by atoms with Gasteiger partial charge in [0.25, 0.3) is 0 Å². The van der Waals surface area contributed by atoms with Gasteiger partial charge < -0.3 is 22.1 Å². The number of guanidine groups is 2. The number of hydrogen-bond donors (Lipinski definition) is 8. The number of nitrogens with one attached hydrogen (secondary N) is 4. The second-order valence-corrected chi connectivity index (χ2v) is 8.38. The smallest absolute Gasteiger partial charge is 0.195 e. The molecule has 0 saturated carbocycles. The van der Waals surface area contributed by atoms with E-state index < -0.39 is 12.6 Å². The largest absolute Gasteiger partial charge is 0.370 e. The lowest BCUT2D eigenvalue weighted by Crippen LogP contribution is -2.39. The summed E-state index contributed by atoms with van der Waals surface area (Å²) in [6.45, 7) is 1.48. The Kier molecular flexibility index (Phi) is 12.5. The summed E-state index contributed by atoms with van der Waals surface area (Å²) in [7, 11) is 0. The van der Waals surface area contributed by atoms with E-state index in [4.69, 9.17) is 46.1 Å². The van der Waals surface area contributed by atoms with Gasteiger partial charge in [0, 0.05) is 21.4 Å². The molecule has 12 N–H and O–H groups in total. The second kappa shape index (κ2) is 15.3. The first kappa shape index (κ1) is 27.6. The van der Waals surface area contributed by atoms with E-state index in [1.54, 1.807) is 24.3 Å². The lowest BCUT2D eigenvalue weighted by molar-refractivity contribution is 0.494. The van der Waals surface area contributed by atoms with Crippen LogP contribution in [0.3, 0.4) is 0 Å². The Balaban J connectivity index is 1.51. The summed E-state index contributed by atoms with van der Waals surface area (Å²) in [6, 6.07) is 14.3. The number of aliphatic imine (C=N–C) groups is 2. The first-order valence-electron chi connectivity index (χ1n) is 11.0. The number of rotatable bonds is 13. The van der Waals surface area contributed by atoms with E-state index in [0.717, 1.165) is 50.1 Å². The third kappa shape index (κ3) is 12.0. The molecule has 0 radical (unpaired) electrons. The molecule has 2 aromatic carbocycles. The van der Waals surface area contributed by atoms with Crippen molar-refractivity contribution in [3.63, 3.8) is 0 Å². The highest BCUT2D eigenvalue weighted by atomic mass is 35.5. The van der Waals surface area contributed by atoms with E-state index in [9.17, 15) is 0 Å². The number of benzene rings is 2. The number of nitrogens with two attached hydrogens (primary N) is 4. The Bertz CT molecular complexity index is 827. The molecule has 186 valence electrons. The molecule has 34 heavy (non-hydrogen) atoms. The Morgan fingerprint density at radius 3 is 1.35 bits per heavy atom. The SMILES string of the molecule is NC(=NC(N)NCCCCCCNC(N)N=C(N)Nc1ccc(Cl)cc1)Nc1ccc(Cl)cc1. The molecule has 0 aliphatic rings. The normalized spacial score (nSPS) is 14.0. The summed E-state index contributed by atoms with van der Waals surface area (Å²) in [4.78, 5) is 8.35. The zero-order valence-corrected chi connectivity index (χ0v) is 20.5. The number of unbranched alkanes of at least 4 members (excludes halogenated alkanes) is 3. The molecule has 2 aromatic rings. The fourth-order valence-corrected chi connectivity index (χ4v) is 3.17. The third-order valence-corrected chi connectivity index (χ3v) is 5.10. The lowest BCUT2D eigenvalue weighted by atomic mass is 10.2. The van der Waals surface area contributed by atoms with Crippen LogP contribution in [-0.2, 0) is 0 Å². The molecule has 0 aliphatic carbocycles. The minimum atomic E-state index is -0.579. The van der Waals surface area contributed by atoms with E-state index in [1.807, 2.05) is 24.3 Å². The van der Waals surface area contributed by atoms with Crippen molar-refractivity contribution in [1.29, 1.82) is 0 Å². The van der Waals surface area contributed by atoms with Crippen molar-refractivity contribution in [3.8, 4) is 0 Å². The summed E-state index contributed by atoms with van der Waals surface area (Å²) in [5.74, 6) is 0.466. The molecule has 12 heteroatoms. The minimum absolute atomic E-state index is 0.233. The Hall–Kier alpha value is -2.60. The van der Waals surface area contributed by atoms with Crippen molar-refractivity contribution >= 4 is 46.5 Å². The van der Waals surface area contributed by atoms with E-state index >= 15 is 0 Å². The van der Waals surface area contributed by atoms with Crippen LogP contribution in [0.2, 0.25) is 10.0 Å². The van der Waals surface area contributed by atoms with Crippen molar-refractivity contribution in [2.24, 2.45) is 32.9 Å². The summed E-state index contributed by atoms with van der Waals surface area (Å²) in [5, 5.41) is 13.5. The molecule has 0 fully saturated rings. The van der Waals surface area contributed by atoms with Gasteiger partial charge >= 0.3 is 0 Å². The molecule has 0 aliphatic heterocycles. The number of anilines is 2. The Morgan fingerprint density at radius 2 is 1.00 bits per heavy atom. The zero-order chi connectivity index (χ0) is 24.8. The minimum Gasteiger partial charge on any atom is -0.370 e. The molecule has 0 aromatic heterocycles. The molecule has 0 heterocycles. The summed E-state index contributed by atoms with van der Waals surface area (Å²) < 4.78 is 0. The molecule has 0 saturated heterocycles. The van der Waals surface area contributed by atoms with Crippen molar-refractivity contribution in [1.82, 2.24) is 10.6 Å². The zero-order valence-electron chi connectivity index (χ0n) is 19.0. The average Bonchev–Trinajstić information content (AvgIpc) is 2.78. The molecule has 0 amide bonds. The second-order valence-electron chi connectivity index (χ2n) is 7.50. The highest BCUT2D eigenvalue weighted by Crippen LogP contribution is 2.13. The Morgan fingerprint density at radius 1 is 0.647 bits per heavy atom. The number of hydrogen-bond acceptors (Lipinski definition) is 6. The van der Waals surface area contributed by atoms with Crippen LogP contribution in [0.15, 0.2) is 58.5 Å². The number of nitrogens with zero attached hydrogens (tertiary/aromatic N) is 2. The number of halogens is 2. The molecule has 2 unspecified atom stereocenters. The van der Waals surface area contributed by atoms with Gasteiger partial charge in [0.1, 0.15) is 0 Å². The van der Waals surface area contributed by atoms with Crippen LogP contribution < -0.4 is 44.2 Å². The van der Waals surface area contributed by atoms with Crippen LogP contribution >= 0.6 is 23.2 Å². The van der Waals surface area contributed by atoms with Gasteiger partial charge in [-0.05, 0) is 74.5 Å².